The van der Waals surface area contributed by atoms with E-state index in [2.05, 4.69) is 4.74 Å². The Bertz CT molecular complexity index is 42.2. The summed E-state index contributed by atoms with van der Waals surface area (Å²) in [7, 11) is 3.25. The summed E-state index contributed by atoms with van der Waals surface area (Å²) in [5.41, 5.74) is 13.5. The zero-order chi connectivity index (χ0) is 5.41. The number of methoxy groups -OCH3 is 1. The second-order valence-corrected chi connectivity index (χ2v) is 0.498. The summed E-state index contributed by atoms with van der Waals surface area (Å²) in [5.74, 6) is 0. The van der Waals surface area contributed by atoms with E-state index in [9.17, 15) is 0 Å². The van der Waals surface area contributed by atoms with Crippen LogP contribution in [0.3, 0.4) is 0 Å². The number of ether oxygens (including phenoxy) is 1. The molecule has 0 unspecified atom stereocenters. The van der Waals surface area contributed by atoms with Gasteiger partial charge in [0.2, 0.25) is 0 Å². The summed E-state index contributed by atoms with van der Waals surface area (Å²) in [6.45, 7) is 0. The molecule has 4 nitrogen and oxygen atoms in total. The Hall–Kier alpha value is 0.270. The van der Waals surface area contributed by atoms with Gasteiger partial charge in [-0.1, -0.05) is 0 Å². The van der Waals surface area contributed by atoms with Crippen LogP contribution in [0.5, 0.6) is 0 Å². The first-order valence-corrected chi connectivity index (χ1v) is 1.22. The van der Waals surface area contributed by atoms with E-state index in [1.807, 2.05) is 0 Å². The fraction of sp³-hybridized carbons (Fsp3) is 1.00. The summed E-state index contributed by atoms with van der Waals surface area (Å²) >= 11 is 0. The van der Waals surface area contributed by atoms with E-state index in [-0.39, 0.29) is 29.6 Å². The van der Waals surface area contributed by atoms with E-state index in [0.29, 0.717) is 0 Å². The number of hydrogen-bond donors (Lipinski definition) is 0. The fourth-order valence-electron chi connectivity index (χ4n) is 0. The van der Waals surface area contributed by atoms with Gasteiger partial charge >= 0.3 is 29.6 Å². The maximum absolute atomic E-state index is 6.75. The van der Waals surface area contributed by atoms with Gasteiger partial charge < -0.3 is 15.8 Å². The molecule has 5 heteroatoms. The molecule has 0 aliphatic carbocycles. The molecule has 0 bridgehead atoms. The van der Waals surface area contributed by atoms with Crippen LogP contribution in [0.2, 0.25) is 0 Å². The first kappa shape index (κ1) is 15.7. The Morgan fingerprint density at radius 3 is 1.29 bits per heavy atom. The van der Waals surface area contributed by atoms with Crippen LogP contribution in [0.4, 0.5) is 0 Å². The molecule has 0 aliphatic heterocycles. The van der Waals surface area contributed by atoms with Crippen LogP contribution in [0.1, 0.15) is 0 Å². The second kappa shape index (κ2) is 33.8. The van der Waals surface area contributed by atoms with Crippen LogP contribution >= 0.6 is 0 Å². The molecular formula is C2H6N3NaO. The van der Waals surface area contributed by atoms with E-state index >= 15 is 0 Å². The smallest absolute Gasteiger partial charge is 0.388 e. The molecule has 0 saturated heterocycles. The maximum atomic E-state index is 6.75. The molecule has 0 fully saturated rings. The number of rotatable bonds is 0. The summed E-state index contributed by atoms with van der Waals surface area (Å²) in [5, 5.41) is 0. The van der Waals surface area contributed by atoms with E-state index in [0.717, 1.165) is 0 Å². The van der Waals surface area contributed by atoms with Crippen molar-refractivity contribution in [3.63, 3.8) is 0 Å². The van der Waals surface area contributed by atoms with Crippen LogP contribution < -0.4 is 29.6 Å². The standard InChI is InChI=1S/C2H6O.N3.Na/c2*1-3-2;/h1-2H3;;/q;-1;+1. The number of hydrogen-bond acceptors (Lipinski definition) is 1. The molecule has 7 heavy (non-hydrogen) atoms. The largest absolute Gasteiger partial charge is 1.00 e. The van der Waals surface area contributed by atoms with Crippen molar-refractivity contribution in [2.45, 2.75) is 0 Å². The monoisotopic (exact) mass is 111 g/mol. The van der Waals surface area contributed by atoms with Crippen LogP contribution in [0.15, 0.2) is 0 Å². The minimum atomic E-state index is 0. The third-order valence-electron chi connectivity index (χ3n) is 0. The van der Waals surface area contributed by atoms with E-state index in [1.54, 1.807) is 14.2 Å². The Balaban J connectivity index is -0.0000000400. The average molecular weight is 111 g/mol. The normalized spacial score (nSPS) is 3.71. The zero-order valence-corrected chi connectivity index (χ0v) is 6.75. The van der Waals surface area contributed by atoms with Gasteiger partial charge in [-0.2, -0.15) is 0 Å². The van der Waals surface area contributed by atoms with Crippen molar-refractivity contribution in [3.05, 3.63) is 16.0 Å². The van der Waals surface area contributed by atoms with Crippen molar-refractivity contribution in [1.29, 1.82) is 0 Å². The minimum Gasteiger partial charge on any atom is -0.388 e. The van der Waals surface area contributed by atoms with Crippen LogP contribution in [-0.4, -0.2) is 14.2 Å². The van der Waals surface area contributed by atoms with Crippen LogP contribution in [0.25, 0.3) is 16.0 Å². The summed E-state index contributed by atoms with van der Waals surface area (Å²) < 4.78 is 4.25. The molecule has 0 saturated carbocycles. The van der Waals surface area contributed by atoms with Gasteiger partial charge in [-0.3, -0.25) is 4.91 Å². The van der Waals surface area contributed by atoms with Gasteiger partial charge in [-0.05, 0) is 0 Å². The van der Waals surface area contributed by atoms with Gasteiger partial charge in [0.15, 0.2) is 0 Å². The molecular weight excluding hydrogens is 105 g/mol. The van der Waals surface area contributed by atoms with Crippen LogP contribution in [0, 0.1) is 0 Å². The second-order valence-electron chi connectivity index (χ2n) is 0.498. The molecule has 0 N–H and O–H groups in total. The topological polar surface area (TPSA) is 67.9 Å². The molecule has 0 aromatic heterocycles. The van der Waals surface area contributed by atoms with Crippen molar-refractivity contribution in [1.82, 2.24) is 0 Å². The molecule has 0 aromatic carbocycles. The Morgan fingerprint density at radius 1 is 1.29 bits per heavy atom. The van der Waals surface area contributed by atoms with E-state index in [4.69, 9.17) is 11.1 Å². The molecule has 0 atom stereocenters. The van der Waals surface area contributed by atoms with Crippen molar-refractivity contribution >= 4 is 0 Å². The first-order valence-electron chi connectivity index (χ1n) is 1.22. The van der Waals surface area contributed by atoms with Gasteiger partial charge in [0.05, 0.1) is 0 Å². The Labute approximate surface area is 64.6 Å². The summed E-state index contributed by atoms with van der Waals surface area (Å²) in [6.07, 6.45) is 0. The third-order valence-corrected chi connectivity index (χ3v) is 0. The predicted molar refractivity (Wildman–Crippen MR) is 23.0 cm³/mol. The minimum absolute atomic E-state index is 0. The fourth-order valence-corrected chi connectivity index (χ4v) is 0. The van der Waals surface area contributed by atoms with Crippen LogP contribution in [-0.2, 0) is 4.74 Å². The quantitative estimate of drug-likeness (QED) is 0.156. The van der Waals surface area contributed by atoms with Gasteiger partial charge in [0.1, 0.15) is 0 Å². The Kier molecular flexibility index (Phi) is 75.7. The van der Waals surface area contributed by atoms with Gasteiger partial charge in [0.25, 0.3) is 0 Å². The Morgan fingerprint density at radius 2 is 1.29 bits per heavy atom. The van der Waals surface area contributed by atoms with Gasteiger partial charge in [-0.25, -0.2) is 0 Å². The maximum Gasteiger partial charge on any atom is 1.00 e. The molecule has 0 radical (unpaired) electrons. The predicted octanol–water partition coefficient (Wildman–Crippen LogP) is -1.87. The first-order chi connectivity index (χ1) is 2.83. The van der Waals surface area contributed by atoms with Crippen molar-refractivity contribution in [3.8, 4) is 0 Å². The van der Waals surface area contributed by atoms with Crippen molar-refractivity contribution in [2.24, 2.45) is 0 Å². The summed E-state index contributed by atoms with van der Waals surface area (Å²) in [4.78, 5) is 1.50. The number of nitrogens with zero attached hydrogens (tertiary/aromatic N) is 3. The van der Waals surface area contributed by atoms with Gasteiger partial charge in [0, 0.05) is 14.2 Å². The molecule has 0 rings (SSSR count). The van der Waals surface area contributed by atoms with E-state index < -0.39 is 0 Å². The SMILES string of the molecule is COC.[N-]=[N+]=[N-].[Na+]. The molecule has 0 heterocycles. The third kappa shape index (κ3) is 1570. The molecule has 0 amide bonds. The molecule has 36 valence electrons. The van der Waals surface area contributed by atoms with Crippen molar-refractivity contribution < 1.29 is 34.3 Å². The van der Waals surface area contributed by atoms with E-state index in [1.165, 1.54) is 4.91 Å². The summed E-state index contributed by atoms with van der Waals surface area (Å²) in [6, 6.07) is 0. The molecule has 0 aliphatic rings. The zero-order valence-electron chi connectivity index (χ0n) is 4.75. The van der Waals surface area contributed by atoms with Gasteiger partial charge in [-0.15, -0.1) is 0 Å². The average Bonchev–Trinajstić information content (AvgIpc) is 1.39. The van der Waals surface area contributed by atoms with Crippen molar-refractivity contribution in [2.75, 3.05) is 14.2 Å². The molecule has 0 aromatic rings. The molecule has 0 spiro atoms.